The number of rotatable bonds is 21. The van der Waals surface area contributed by atoms with Crippen LogP contribution in [0.1, 0.15) is 94.0 Å². The van der Waals surface area contributed by atoms with Gasteiger partial charge >= 0.3 is 6.09 Å². The van der Waals surface area contributed by atoms with Gasteiger partial charge < -0.3 is 38.7 Å². The molecule has 12 heteroatoms. The number of unbranched alkanes of at least 4 members (excludes halogenated alkanes) is 2. The van der Waals surface area contributed by atoms with Gasteiger partial charge in [-0.2, -0.15) is 0 Å². The Kier molecular flexibility index (Phi) is 15.2. The zero-order valence-corrected chi connectivity index (χ0v) is 32.7. The Balaban J connectivity index is 1.77. The molecule has 0 aromatic heterocycles. The van der Waals surface area contributed by atoms with E-state index in [0.717, 1.165) is 48.8 Å². The minimum atomic E-state index is -1.37. The second-order valence-corrected chi connectivity index (χ2v) is 14.2. The summed E-state index contributed by atoms with van der Waals surface area (Å²) in [5.74, 6) is 0.212. The minimum absolute atomic E-state index is 0.0561. The monoisotopic (exact) mass is 762 g/mol. The van der Waals surface area contributed by atoms with Crippen LogP contribution in [0.3, 0.4) is 0 Å². The molecule has 0 saturated heterocycles. The number of hydrogen-bond donors (Lipinski definition) is 2. The van der Waals surface area contributed by atoms with Crippen molar-refractivity contribution >= 4 is 18.1 Å². The van der Waals surface area contributed by atoms with E-state index in [0.29, 0.717) is 67.4 Å². The molecule has 0 radical (unpaired) electrons. The first-order chi connectivity index (χ1) is 26.8. The smallest absolute Gasteiger partial charge is 0.410 e. The van der Waals surface area contributed by atoms with Crippen LogP contribution < -0.4 is 14.2 Å². The Morgan fingerprint density at radius 1 is 1.04 bits per heavy atom. The van der Waals surface area contributed by atoms with Crippen LogP contribution >= 0.6 is 0 Å². The molecule has 6 atom stereocenters. The fourth-order valence-corrected chi connectivity index (χ4v) is 8.68. The molecular formula is C43H58N2O10. The van der Waals surface area contributed by atoms with Crippen molar-refractivity contribution in [2.75, 3.05) is 46.7 Å². The Morgan fingerprint density at radius 2 is 1.78 bits per heavy atom. The average molecular weight is 763 g/mol. The maximum atomic E-state index is 13.9. The topological polar surface area (TPSA) is 146 Å². The quantitative estimate of drug-likeness (QED) is 0.0559. The molecule has 1 amide bonds. The summed E-state index contributed by atoms with van der Waals surface area (Å²) in [6.07, 6.45) is 9.85. The summed E-state index contributed by atoms with van der Waals surface area (Å²) in [7, 11) is 1.51. The molecule has 0 spiro atoms. The average Bonchev–Trinajstić information content (AvgIpc) is 3.19. The van der Waals surface area contributed by atoms with Crippen molar-refractivity contribution in [3.05, 3.63) is 71.8 Å². The molecule has 5 rings (SSSR count). The first-order valence-electron chi connectivity index (χ1n) is 19.8. The Bertz CT molecular complexity index is 1680. The Morgan fingerprint density at radius 3 is 2.45 bits per heavy atom. The van der Waals surface area contributed by atoms with Gasteiger partial charge in [-0.1, -0.05) is 37.1 Å². The highest BCUT2D eigenvalue weighted by Gasteiger charge is 2.65. The lowest BCUT2D eigenvalue weighted by atomic mass is 9.55. The predicted octanol–water partition coefficient (Wildman–Crippen LogP) is 7.82. The van der Waals surface area contributed by atoms with Crippen molar-refractivity contribution in [3.8, 4) is 23.0 Å². The minimum Gasteiger partial charge on any atom is -0.496 e. The number of aliphatic hydroxyl groups is 2. The van der Waals surface area contributed by atoms with E-state index in [1.807, 2.05) is 32.0 Å². The highest BCUT2D eigenvalue weighted by atomic mass is 16.7. The van der Waals surface area contributed by atoms with E-state index in [1.54, 1.807) is 36.1 Å². The van der Waals surface area contributed by atoms with Gasteiger partial charge in [0.1, 0.15) is 35.6 Å². The fourth-order valence-electron chi connectivity index (χ4n) is 8.68. The predicted molar refractivity (Wildman–Crippen MR) is 209 cm³/mol. The summed E-state index contributed by atoms with van der Waals surface area (Å²) in [4.78, 5) is 33.2. The van der Waals surface area contributed by atoms with Crippen molar-refractivity contribution in [2.24, 2.45) is 22.9 Å². The number of fused-ring (bicyclic) bond motifs is 2. The highest BCUT2D eigenvalue weighted by Crippen LogP contribution is 2.62. The largest absolute Gasteiger partial charge is 0.496 e. The van der Waals surface area contributed by atoms with Crippen molar-refractivity contribution < 1.29 is 48.3 Å². The molecule has 2 aromatic carbocycles. The number of benzene rings is 2. The van der Waals surface area contributed by atoms with Gasteiger partial charge in [0.25, 0.3) is 0 Å². The van der Waals surface area contributed by atoms with Gasteiger partial charge in [-0.15, -0.1) is 6.58 Å². The summed E-state index contributed by atoms with van der Waals surface area (Å²) < 4.78 is 31.6. The lowest BCUT2D eigenvalue weighted by Gasteiger charge is -2.59. The molecule has 300 valence electrons. The van der Waals surface area contributed by atoms with E-state index in [4.69, 9.17) is 33.7 Å². The molecule has 3 aliphatic rings. The van der Waals surface area contributed by atoms with Crippen LogP contribution in [0.25, 0.3) is 0 Å². The number of amides is 1. The number of oxime groups is 1. The summed E-state index contributed by atoms with van der Waals surface area (Å²) in [6, 6.07) is 10.2. The van der Waals surface area contributed by atoms with Crippen molar-refractivity contribution in [3.63, 3.8) is 0 Å². The number of allylic oxidation sites excluding steroid dienone is 1. The molecule has 12 nitrogen and oxygen atoms in total. The zero-order chi connectivity index (χ0) is 39.4. The summed E-state index contributed by atoms with van der Waals surface area (Å²) >= 11 is 0. The summed E-state index contributed by atoms with van der Waals surface area (Å²) in [5.41, 5.74) is 2.97. The summed E-state index contributed by atoms with van der Waals surface area (Å²) in [5, 5.41) is 24.4. The molecule has 1 saturated carbocycles. The van der Waals surface area contributed by atoms with E-state index in [9.17, 15) is 19.8 Å². The first kappa shape index (κ1) is 41.8. The van der Waals surface area contributed by atoms with E-state index < -0.39 is 23.8 Å². The maximum Gasteiger partial charge on any atom is 0.410 e. The third kappa shape index (κ3) is 9.03. The van der Waals surface area contributed by atoms with Gasteiger partial charge in [0.15, 0.2) is 6.29 Å². The van der Waals surface area contributed by atoms with E-state index in [1.165, 1.54) is 7.11 Å². The second-order valence-electron chi connectivity index (χ2n) is 14.2. The standard InChI is InChI=1S/C43H58N2O10/c1-6-20-45(42(49)51-8-3)39-27-36(44-53-9-4)34-25-29(14-10-12-21-46)33(15-11-13-22-47)40-35-26-32(54-31-16-18-37(50-5)30(24-31)28-48)17-19-38(35)55-43(39,41(34)40)52-23-7-2/h7,16-19,24-26,28-29,33,39-41,46-47H,2,6,8-15,20-23,27H2,1,3-5H3/t29-,33+,39-,40+,41+,43+/m0/s1. The fraction of sp³-hybridized carbons (Fsp3) is 0.558. The van der Waals surface area contributed by atoms with Crippen LogP contribution in [0.5, 0.6) is 23.0 Å². The van der Waals surface area contributed by atoms with Gasteiger partial charge in [-0.05, 0) is 99.8 Å². The van der Waals surface area contributed by atoms with Crippen LogP contribution in [0.2, 0.25) is 0 Å². The van der Waals surface area contributed by atoms with Crippen LogP contribution in [0, 0.1) is 17.8 Å². The Hall–Kier alpha value is -4.39. The van der Waals surface area contributed by atoms with Crippen LogP contribution in [-0.4, -0.2) is 91.7 Å². The van der Waals surface area contributed by atoms with Crippen molar-refractivity contribution in [1.82, 2.24) is 4.90 Å². The molecule has 2 N–H and O–H groups in total. The molecule has 2 aliphatic carbocycles. The lowest BCUT2D eigenvalue weighted by Crippen LogP contribution is -2.70. The van der Waals surface area contributed by atoms with Crippen LogP contribution in [-0.2, 0) is 14.3 Å². The lowest BCUT2D eigenvalue weighted by molar-refractivity contribution is -0.255. The van der Waals surface area contributed by atoms with Crippen molar-refractivity contribution in [2.45, 2.75) is 89.9 Å². The van der Waals surface area contributed by atoms with Gasteiger partial charge in [0.2, 0.25) is 5.79 Å². The molecular weight excluding hydrogens is 704 g/mol. The van der Waals surface area contributed by atoms with Crippen molar-refractivity contribution in [1.29, 1.82) is 0 Å². The van der Waals surface area contributed by atoms with Gasteiger partial charge in [0.05, 0.1) is 37.5 Å². The number of carbonyl (C=O) groups is 2. The van der Waals surface area contributed by atoms with E-state index in [-0.39, 0.29) is 44.2 Å². The number of aldehydes is 1. The molecule has 2 aromatic rings. The van der Waals surface area contributed by atoms with E-state index in [2.05, 4.69) is 12.7 Å². The number of aliphatic hydroxyl groups excluding tert-OH is 2. The molecule has 55 heavy (non-hydrogen) atoms. The van der Waals surface area contributed by atoms with Gasteiger partial charge in [-0.3, -0.25) is 9.69 Å². The third-order valence-corrected chi connectivity index (χ3v) is 10.9. The number of ether oxygens (including phenoxy) is 5. The number of nitrogens with zero attached hydrogens (tertiary/aromatic N) is 2. The second kappa shape index (κ2) is 20.0. The number of methoxy groups -OCH3 is 1. The molecule has 0 bridgehead atoms. The number of hydrogen-bond acceptors (Lipinski definition) is 11. The third-order valence-electron chi connectivity index (χ3n) is 10.9. The van der Waals surface area contributed by atoms with Crippen LogP contribution in [0.15, 0.2) is 65.9 Å². The molecule has 1 heterocycles. The first-order valence-corrected chi connectivity index (χ1v) is 19.8. The zero-order valence-electron chi connectivity index (χ0n) is 32.7. The highest BCUT2D eigenvalue weighted by molar-refractivity contribution is 6.03. The summed E-state index contributed by atoms with van der Waals surface area (Å²) in [6.45, 7) is 11.0. The molecule has 1 aliphatic heterocycles. The van der Waals surface area contributed by atoms with Gasteiger partial charge in [0, 0.05) is 37.7 Å². The van der Waals surface area contributed by atoms with Crippen LogP contribution in [0.4, 0.5) is 4.79 Å². The molecule has 0 unspecified atom stereocenters. The SMILES string of the molecule is C=CCO[C@@]12Oc3ccc(Oc4ccc(OC)c(C=O)c4)cc3[C@H]3[C@H](CCCCO)[C@@H](CCCCO)C=C(C(=NOCC)C[C@@H]1N(CCC)C(=O)OCC)[C@H]32. The Labute approximate surface area is 325 Å². The van der Waals surface area contributed by atoms with E-state index >= 15 is 0 Å². The van der Waals surface area contributed by atoms with Gasteiger partial charge in [-0.25, -0.2) is 4.79 Å². The maximum absolute atomic E-state index is 13.9. The number of carbonyl (C=O) groups excluding carboxylic acids is 2. The molecule has 1 fully saturated rings. The normalized spacial score (nSPS) is 24.4.